The van der Waals surface area contributed by atoms with E-state index in [2.05, 4.69) is 17.2 Å². The van der Waals surface area contributed by atoms with Crippen molar-refractivity contribution < 1.29 is 4.79 Å². The molecule has 5 nitrogen and oxygen atoms in total. The molecule has 0 spiro atoms. The first kappa shape index (κ1) is 15.4. The lowest BCUT2D eigenvalue weighted by Gasteiger charge is -2.31. The van der Waals surface area contributed by atoms with Gasteiger partial charge < -0.3 is 10.6 Å². The second-order valence-corrected chi connectivity index (χ2v) is 7.25. The Bertz CT molecular complexity index is 725. The third-order valence-corrected chi connectivity index (χ3v) is 5.74. The maximum absolute atomic E-state index is 12.9. The summed E-state index contributed by atoms with van der Waals surface area (Å²) in [7, 11) is 1.89. The zero-order chi connectivity index (χ0) is 16.7. The summed E-state index contributed by atoms with van der Waals surface area (Å²) < 4.78 is 1.83. The second-order valence-electron chi connectivity index (χ2n) is 7.25. The van der Waals surface area contributed by atoms with Gasteiger partial charge in [-0.1, -0.05) is 12.1 Å². The highest BCUT2D eigenvalue weighted by atomic mass is 16.2. The number of carbonyl (C=O) groups excluding carboxylic acids is 1. The average Bonchev–Trinajstić information content (AvgIpc) is 3.32. The third-order valence-electron chi connectivity index (χ3n) is 5.74. The molecule has 5 heteroatoms. The molecule has 2 aromatic rings. The third kappa shape index (κ3) is 2.63. The SMILES string of the molecule is CN(Cc1cccc(-n2cccn2)c1)C(=O)[C@@H]1[C@@H]2CC[C@@H](C2)[C@@H]1N. The molecule has 4 rings (SSSR count). The van der Waals surface area contributed by atoms with Gasteiger partial charge in [0.05, 0.1) is 11.6 Å². The molecule has 0 aliphatic heterocycles. The molecular formula is C19H24N4O. The highest BCUT2D eigenvalue weighted by molar-refractivity contribution is 5.80. The molecule has 1 aromatic carbocycles. The summed E-state index contributed by atoms with van der Waals surface area (Å²) in [4.78, 5) is 14.7. The zero-order valence-electron chi connectivity index (χ0n) is 14.0. The van der Waals surface area contributed by atoms with Gasteiger partial charge in [0.1, 0.15) is 0 Å². The van der Waals surface area contributed by atoms with E-state index < -0.39 is 0 Å². The predicted molar refractivity (Wildman–Crippen MR) is 92.3 cm³/mol. The van der Waals surface area contributed by atoms with Crippen molar-refractivity contribution in [1.82, 2.24) is 14.7 Å². The highest BCUT2D eigenvalue weighted by Crippen LogP contribution is 2.48. The van der Waals surface area contributed by atoms with E-state index in [0.717, 1.165) is 24.1 Å². The fraction of sp³-hybridized carbons (Fsp3) is 0.474. The van der Waals surface area contributed by atoms with E-state index in [1.165, 1.54) is 6.42 Å². The van der Waals surface area contributed by atoms with Crippen LogP contribution in [0, 0.1) is 17.8 Å². The number of benzene rings is 1. The van der Waals surface area contributed by atoms with Crippen LogP contribution in [0.25, 0.3) is 5.69 Å². The normalized spacial score (nSPS) is 28.2. The Morgan fingerprint density at radius 2 is 2.17 bits per heavy atom. The lowest BCUT2D eigenvalue weighted by atomic mass is 9.84. The number of aromatic nitrogens is 2. The Balaban J connectivity index is 1.47. The summed E-state index contributed by atoms with van der Waals surface area (Å²) in [6.07, 6.45) is 7.18. The van der Waals surface area contributed by atoms with Crippen LogP contribution >= 0.6 is 0 Å². The number of carbonyl (C=O) groups is 1. The van der Waals surface area contributed by atoms with E-state index in [4.69, 9.17) is 5.73 Å². The Hall–Kier alpha value is -2.14. The molecule has 24 heavy (non-hydrogen) atoms. The van der Waals surface area contributed by atoms with Gasteiger partial charge in [-0.25, -0.2) is 4.68 Å². The van der Waals surface area contributed by atoms with Gasteiger partial charge in [0, 0.05) is 32.0 Å². The van der Waals surface area contributed by atoms with Crippen molar-refractivity contribution in [1.29, 1.82) is 0 Å². The van der Waals surface area contributed by atoms with E-state index in [1.54, 1.807) is 6.20 Å². The number of hydrogen-bond acceptors (Lipinski definition) is 3. The summed E-state index contributed by atoms with van der Waals surface area (Å²) in [5.41, 5.74) is 8.44. The minimum absolute atomic E-state index is 0.0167. The van der Waals surface area contributed by atoms with Crippen LogP contribution in [0.15, 0.2) is 42.7 Å². The van der Waals surface area contributed by atoms with Gasteiger partial charge in [-0.3, -0.25) is 4.79 Å². The maximum atomic E-state index is 12.9. The van der Waals surface area contributed by atoms with Crippen molar-refractivity contribution in [2.24, 2.45) is 23.5 Å². The summed E-state index contributed by atoms with van der Waals surface area (Å²) >= 11 is 0. The molecule has 1 amide bonds. The lowest BCUT2D eigenvalue weighted by molar-refractivity contribution is -0.137. The number of nitrogens with two attached hydrogens (primary N) is 1. The van der Waals surface area contributed by atoms with Crippen LogP contribution in [0.1, 0.15) is 24.8 Å². The van der Waals surface area contributed by atoms with Gasteiger partial charge in [-0.2, -0.15) is 5.10 Å². The summed E-state index contributed by atoms with van der Waals surface area (Å²) in [6, 6.07) is 10.1. The Kier molecular flexibility index (Phi) is 3.88. The van der Waals surface area contributed by atoms with Gasteiger partial charge in [-0.15, -0.1) is 0 Å². The molecule has 0 radical (unpaired) electrons. The van der Waals surface area contributed by atoms with Crippen LogP contribution in [0.5, 0.6) is 0 Å². The Morgan fingerprint density at radius 1 is 1.33 bits per heavy atom. The summed E-state index contributed by atoms with van der Waals surface area (Å²) in [5.74, 6) is 1.28. The molecule has 0 unspecified atom stereocenters. The smallest absolute Gasteiger partial charge is 0.227 e. The number of amides is 1. The molecular weight excluding hydrogens is 300 g/mol. The molecule has 2 fully saturated rings. The molecule has 2 aliphatic rings. The Labute approximate surface area is 142 Å². The van der Waals surface area contributed by atoms with Gasteiger partial charge >= 0.3 is 0 Å². The maximum Gasteiger partial charge on any atom is 0.227 e. The molecule has 126 valence electrons. The second kappa shape index (κ2) is 6.06. The summed E-state index contributed by atoms with van der Waals surface area (Å²) in [6.45, 7) is 0.606. The number of fused-ring (bicyclic) bond motifs is 2. The topological polar surface area (TPSA) is 64.2 Å². The number of rotatable bonds is 4. The first-order valence-corrected chi connectivity index (χ1v) is 8.73. The van der Waals surface area contributed by atoms with Gasteiger partial charge in [0.15, 0.2) is 0 Å². The van der Waals surface area contributed by atoms with Crippen LogP contribution in [0.4, 0.5) is 0 Å². The van der Waals surface area contributed by atoms with E-state index in [9.17, 15) is 4.79 Å². The fourth-order valence-corrected chi connectivity index (χ4v) is 4.53. The largest absolute Gasteiger partial charge is 0.341 e. The number of nitrogens with zero attached hydrogens (tertiary/aromatic N) is 3. The highest BCUT2D eigenvalue weighted by Gasteiger charge is 2.49. The van der Waals surface area contributed by atoms with Crippen molar-refractivity contribution in [3.63, 3.8) is 0 Å². The van der Waals surface area contributed by atoms with E-state index in [0.29, 0.717) is 18.4 Å². The zero-order valence-corrected chi connectivity index (χ0v) is 14.0. The quantitative estimate of drug-likeness (QED) is 0.938. The fourth-order valence-electron chi connectivity index (χ4n) is 4.53. The molecule has 2 saturated carbocycles. The van der Waals surface area contributed by atoms with E-state index in [-0.39, 0.29) is 17.9 Å². The predicted octanol–water partition coefficient (Wildman–Crippen LogP) is 2.20. The molecule has 0 saturated heterocycles. The first-order chi connectivity index (χ1) is 11.6. The van der Waals surface area contributed by atoms with Crippen LogP contribution in [-0.2, 0) is 11.3 Å². The van der Waals surface area contributed by atoms with Gasteiger partial charge in [-0.05, 0) is 54.9 Å². The van der Waals surface area contributed by atoms with Crippen molar-refractivity contribution in [3.8, 4) is 5.69 Å². The van der Waals surface area contributed by atoms with E-state index >= 15 is 0 Å². The standard InChI is InChI=1S/C19H24N4O/c1-22(19(24)17-14-6-7-15(11-14)18(17)20)12-13-4-2-5-16(10-13)23-9-3-8-21-23/h2-5,8-10,14-15,17-18H,6-7,11-12,20H2,1H3/t14-,15+,17-,18+/m1/s1. The molecule has 2 aliphatic carbocycles. The molecule has 1 aromatic heterocycles. The molecule has 1 heterocycles. The van der Waals surface area contributed by atoms with Gasteiger partial charge in [0.2, 0.25) is 5.91 Å². The average molecular weight is 324 g/mol. The minimum Gasteiger partial charge on any atom is -0.341 e. The molecule has 2 bridgehead atoms. The van der Waals surface area contributed by atoms with Crippen molar-refractivity contribution >= 4 is 5.91 Å². The Morgan fingerprint density at radius 3 is 2.88 bits per heavy atom. The summed E-state index contributed by atoms with van der Waals surface area (Å²) in [5, 5.41) is 4.26. The van der Waals surface area contributed by atoms with Crippen molar-refractivity contribution in [3.05, 3.63) is 48.3 Å². The van der Waals surface area contributed by atoms with Crippen LogP contribution < -0.4 is 5.73 Å². The molecule has 4 atom stereocenters. The van der Waals surface area contributed by atoms with Gasteiger partial charge in [0.25, 0.3) is 0 Å². The van der Waals surface area contributed by atoms with Crippen LogP contribution in [0.2, 0.25) is 0 Å². The minimum atomic E-state index is 0.0167. The van der Waals surface area contributed by atoms with Crippen LogP contribution in [-0.4, -0.2) is 33.7 Å². The number of hydrogen-bond donors (Lipinski definition) is 1. The van der Waals surface area contributed by atoms with Crippen molar-refractivity contribution in [2.75, 3.05) is 7.05 Å². The van der Waals surface area contributed by atoms with Crippen molar-refractivity contribution in [2.45, 2.75) is 31.8 Å². The van der Waals surface area contributed by atoms with E-state index in [1.807, 2.05) is 41.0 Å². The van der Waals surface area contributed by atoms with Crippen LogP contribution in [0.3, 0.4) is 0 Å². The monoisotopic (exact) mass is 324 g/mol. The first-order valence-electron chi connectivity index (χ1n) is 8.73. The molecule has 2 N–H and O–H groups in total. The lowest BCUT2D eigenvalue weighted by Crippen LogP contribution is -2.45.